The van der Waals surface area contributed by atoms with Crippen LogP contribution >= 0.6 is 11.3 Å². The van der Waals surface area contributed by atoms with Crippen LogP contribution in [0.2, 0.25) is 0 Å². The van der Waals surface area contributed by atoms with Gasteiger partial charge in [-0.15, -0.1) is 11.3 Å². The Labute approximate surface area is 150 Å². The lowest BCUT2D eigenvalue weighted by Crippen LogP contribution is -2.44. The molecule has 6 nitrogen and oxygen atoms in total. The summed E-state index contributed by atoms with van der Waals surface area (Å²) in [5, 5.41) is 6.10. The highest BCUT2D eigenvalue weighted by atomic mass is 32.1. The largest absolute Gasteiger partial charge is 0.497 e. The van der Waals surface area contributed by atoms with Gasteiger partial charge < -0.3 is 14.0 Å². The molecule has 1 aliphatic heterocycles. The second kappa shape index (κ2) is 6.85. The molecule has 3 heterocycles. The van der Waals surface area contributed by atoms with E-state index < -0.39 is 0 Å². The van der Waals surface area contributed by atoms with E-state index in [-0.39, 0.29) is 0 Å². The second-order valence-electron chi connectivity index (χ2n) is 6.05. The highest BCUT2D eigenvalue weighted by Crippen LogP contribution is 2.31. The van der Waals surface area contributed by atoms with Crippen molar-refractivity contribution in [2.24, 2.45) is 0 Å². The van der Waals surface area contributed by atoms with E-state index in [1.807, 2.05) is 35.7 Å². The quantitative estimate of drug-likeness (QED) is 0.674. The Hall–Kier alpha value is -2.38. The Morgan fingerprint density at radius 1 is 1.20 bits per heavy atom. The van der Waals surface area contributed by atoms with Crippen LogP contribution < -0.4 is 9.47 Å². The predicted octanol–water partition coefficient (Wildman–Crippen LogP) is 3.41. The summed E-state index contributed by atoms with van der Waals surface area (Å²) in [4.78, 5) is 7.91. The van der Waals surface area contributed by atoms with Crippen molar-refractivity contribution in [3.63, 3.8) is 0 Å². The molecule has 0 N–H and O–H groups in total. The van der Waals surface area contributed by atoms with Crippen LogP contribution in [0.25, 0.3) is 10.7 Å². The first kappa shape index (κ1) is 16.1. The Balaban J connectivity index is 1.38. The lowest BCUT2D eigenvalue weighted by atomic mass is 9.99. The Morgan fingerprint density at radius 3 is 2.60 bits per heavy atom. The van der Waals surface area contributed by atoms with E-state index in [2.05, 4.69) is 15.0 Å². The van der Waals surface area contributed by atoms with Crippen LogP contribution in [-0.2, 0) is 6.54 Å². The van der Waals surface area contributed by atoms with E-state index in [1.54, 1.807) is 25.6 Å². The molecular formula is C18H19N3O3S. The van der Waals surface area contributed by atoms with Gasteiger partial charge in [0, 0.05) is 25.7 Å². The van der Waals surface area contributed by atoms with Gasteiger partial charge in [0.25, 0.3) is 0 Å². The zero-order valence-corrected chi connectivity index (χ0v) is 15.0. The molecule has 1 aromatic carbocycles. The van der Waals surface area contributed by atoms with Crippen LogP contribution in [0.3, 0.4) is 0 Å². The minimum absolute atomic E-state index is 0.300. The first-order valence-corrected chi connectivity index (χ1v) is 8.95. The van der Waals surface area contributed by atoms with Gasteiger partial charge in [-0.1, -0.05) is 11.2 Å². The van der Waals surface area contributed by atoms with Gasteiger partial charge in [-0.2, -0.15) is 4.98 Å². The van der Waals surface area contributed by atoms with E-state index in [1.165, 1.54) is 5.56 Å². The first-order chi connectivity index (χ1) is 12.2. The van der Waals surface area contributed by atoms with Crippen molar-refractivity contribution in [1.29, 1.82) is 0 Å². The molecular weight excluding hydrogens is 338 g/mol. The molecule has 2 aromatic heterocycles. The summed E-state index contributed by atoms with van der Waals surface area (Å²) in [5.74, 6) is 3.32. The van der Waals surface area contributed by atoms with Crippen molar-refractivity contribution < 1.29 is 14.0 Å². The summed E-state index contributed by atoms with van der Waals surface area (Å²) in [6, 6.07) is 9.95. The van der Waals surface area contributed by atoms with Crippen molar-refractivity contribution in [2.75, 3.05) is 27.3 Å². The van der Waals surface area contributed by atoms with Gasteiger partial charge in [0.1, 0.15) is 11.5 Å². The number of nitrogens with zero attached hydrogens (tertiary/aromatic N) is 3. The molecule has 0 spiro atoms. The smallest absolute Gasteiger partial charge is 0.232 e. The van der Waals surface area contributed by atoms with Crippen LogP contribution in [-0.4, -0.2) is 42.3 Å². The van der Waals surface area contributed by atoms with Crippen LogP contribution in [0.5, 0.6) is 11.5 Å². The standard InChI is InChI=1S/C18H19N3O3S/c1-22-14-6-12(7-15(8-14)23-2)9-21-10-13(11-21)18-19-17(20-24-18)16-4-3-5-25-16/h3-8,13H,9-11H2,1-2H3. The molecule has 3 aromatic rings. The predicted molar refractivity (Wildman–Crippen MR) is 95.2 cm³/mol. The van der Waals surface area contributed by atoms with E-state index in [0.717, 1.165) is 41.9 Å². The maximum atomic E-state index is 5.44. The highest BCUT2D eigenvalue weighted by Gasteiger charge is 2.32. The molecule has 1 aliphatic rings. The number of likely N-dealkylation sites (tertiary alicyclic amines) is 1. The summed E-state index contributed by atoms with van der Waals surface area (Å²) >= 11 is 1.62. The first-order valence-electron chi connectivity index (χ1n) is 8.07. The van der Waals surface area contributed by atoms with E-state index >= 15 is 0 Å². The summed E-state index contributed by atoms with van der Waals surface area (Å²) in [6.45, 7) is 2.66. The van der Waals surface area contributed by atoms with Gasteiger partial charge in [0.15, 0.2) is 0 Å². The van der Waals surface area contributed by atoms with E-state index in [4.69, 9.17) is 14.0 Å². The SMILES string of the molecule is COc1cc(CN2CC(c3nc(-c4cccs4)no3)C2)cc(OC)c1. The number of thiophene rings is 1. The third kappa shape index (κ3) is 3.38. The van der Waals surface area contributed by atoms with E-state index in [0.29, 0.717) is 11.7 Å². The van der Waals surface area contributed by atoms with Crippen molar-refractivity contribution in [1.82, 2.24) is 15.0 Å². The minimum Gasteiger partial charge on any atom is -0.497 e. The van der Waals surface area contributed by atoms with Crippen LogP contribution in [0.4, 0.5) is 0 Å². The third-order valence-corrected chi connectivity index (χ3v) is 5.17. The molecule has 0 unspecified atom stereocenters. The molecule has 130 valence electrons. The average Bonchev–Trinajstić information content (AvgIpc) is 3.28. The number of hydrogen-bond acceptors (Lipinski definition) is 7. The lowest BCUT2D eigenvalue weighted by Gasteiger charge is -2.37. The van der Waals surface area contributed by atoms with Gasteiger partial charge in [-0.05, 0) is 29.1 Å². The molecule has 0 amide bonds. The highest BCUT2D eigenvalue weighted by molar-refractivity contribution is 7.13. The van der Waals surface area contributed by atoms with Gasteiger partial charge in [0.2, 0.25) is 11.7 Å². The molecule has 0 aliphatic carbocycles. The monoisotopic (exact) mass is 357 g/mol. The van der Waals surface area contributed by atoms with Crippen LogP contribution in [0.1, 0.15) is 17.4 Å². The molecule has 1 fully saturated rings. The number of aromatic nitrogens is 2. The van der Waals surface area contributed by atoms with Crippen LogP contribution in [0.15, 0.2) is 40.2 Å². The fraction of sp³-hybridized carbons (Fsp3) is 0.333. The molecule has 0 bridgehead atoms. The van der Waals surface area contributed by atoms with Crippen molar-refractivity contribution in [2.45, 2.75) is 12.5 Å². The molecule has 1 saturated heterocycles. The number of methoxy groups -OCH3 is 2. The molecule has 25 heavy (non-hydrogen) atoms. The fourth-order valence-electron chi connectivity index (χ4n) is 2.98. The third-order valence-electron chi connectivity index (χ3n) is 4.31. The number of ether oxygens (including phenoxy) is 2. The average molecular weight is 357 g/mol. The summed E-state index contributed by atoms with van der Waals surface area (Å²) in [5.41, 5.74) is 1.17. The number of benzene rings is 1. The summed E-state index contributed by atoms with van der Waals surface area (Å²) < 4.78 is 16.1. The topological polar surface area (TPSA) is 60.6 Å². The lowest BCUT2D eigenvalue weighted by molar-refractivity contribution is 0.117. The van der Waals surface area contributed by atoms with Crippen LogP contribution in [0, 0.1) is 0 Å². The molecule has 7 heteroatoms. The summed E-state index contributed by atoms with van der Waals surface area (Å²) in [7, 11) is 3.33. The number of rotatable bonds is 6. The van der Waals surface area contributed by atoms with Crippen molar-refractivity contribution in [3.05, 3.63) is 47.2 Å². The Bertz CT molecular complexity index is 819. The van der Waals surface area contributed by atoms with Gasteiger partial charge in [0.05, 0.1) is 25.0 Å². The van der Waals surface area contributed by atoms with Crippen molar-refractivity contribution in [3.8, 4) is 22.2 Å². The van der Waals surface area contributed by atoms with Crippen molar-refractivity contribution >= 4 is 11.3 Å². The van der Waals surface area contributed by atoms with Gasteiger partial charge in [-0.25, -0.2) is 0 Å². The molecule has 0 radical (unpaired) electrons. The maximum absolute atomic E-state index is 5.44. The van der Waals surface area contributed by atoms with Gasteiger partial charge >= 0.3 is 0 Å². The Kier molecular flexibility index (Phi) is 4.42. The number of hydrogen-bond donors (Lipinski definition) is 0. The maximum Gasteiger partial charge on any atom is 0.232 e. The second-order valence-corrected chi connectivity index (χ2v) is 6.99. The molecule has 0 atom stereocenters. The van der Waals surface area contributed by atoms with E-state index in [9.17, 15) is 0 Å². The molecule has 4 rings (SSSR count). The van der Waals surface area contributed by atoms with Gasteiger partial charge in [-0.3, -0.25) is 4.90 Å². The minimum atomic E-state index is 0.300. The molecule has 0 saturated carbocycles. The zero-order chi connectivity index (χ0) is 17.2. The summed E-state index contributed by atoms with van der Waals surface area (Å²) in [6.07, 6.45) is 0. The zero-order valence-electron chi connectivity index (χ0n) is 14.1. The fourth-order valence-corrected chi connectivity index (χ4v) is 3.63. The Morgan fingerprint density at radius 2 is 1.96 bits per heavy atom. The normalized spacial score (nSPS) is 15.1.